The zero-order valence-electron chi connectivity index (χ0n) is 15.3. The molecule has 0 aliphatic carbocycles. The van der Waals surface area contributed by atoms with Crippen molar-refractivity contribution in [1.82, 2.24) is 9.97 Å². The summed E-state index contributed by atoms with van der Waals surface area (Å²) in [5, 5.41) is 41.7. The van der Waals surface area contributed by atoms with Crippen LogP contribution < -0.4 is 0 Å². The number of aromatic nitrogens is 2. The summed E-state index contributed by atoms with van der Waals surface area (Å²) < 4.78 is 5.33. The van der Waals surface area contributed by atoms with E-state index in [9.17, 15) is 40.5 Å². The molecule has 0 aliphatic heterocycles. The minimum atomic E-state index is -0.723. The fourth-order valence-electron chi connectivity index (χ4n) is 1.60. The van der Waals surface area contributed by atoms with E-state index >= 15 is 0 Å². The van der Waals surface area contributed by atoms with Gasteiger partial charge >= 0.3 is 5.69 Å². The van der Waals surface area contributed by atoms with Gasteiger partial charge in [-0.1, -0.05) is 10.8 Å². The number of aryl methyl sites for hydroxylation is 1. The number of pyridine rings is 2. The fraction of sp³-hybridized carbons (Fsp3) is 0.167. The molecule has 0 radical (unpaired) electrons. The molecule has 168 valence electrons. The maximum atomic E-state index is 10.6. The van der Waals surface area contributed by atoms with Gasteiger partial charge in [0.25, 0.3) is 17.1 Å². The SMILES string of the molecule is CSSc1ncc([N+](=O)[O-])cc1[N+](=O)[O-].Cc1ncc([N+](=O)[O-])cc1[N+](=O)[O-].N=S.[Ar]. The van der Waals surface area contributed by atoms with Crippen LogP contribution in [0.3, 0.4) is 0 Å². The zero-order chi connectivity index (χ0) is 23.4. The predicted molar refractivity (Wildman–Crippen MR) is 109 cm³/mol. The van der Waals surface area contributed by atoms with Gasteiger partial charge in [0, 0.05) is 50.2 Å². The normalized spacial score (nSPS) is 8.97. The summed E-state index contributed by atoms with van der Waals surface area (Å²) in [5.74, 6) is 0. The molecule has 0 unspecified atom stereocenters. The van der Waals surface area contributed by atoms with Crippen LogP contribution in [0.15, 0.2) is 29.6 Å². The molecule has 0 saturated heterocycles. The van der Waals surface area contributed by atoms with E-state index in [0.29, 0.717) is 0 Å². The smallest absolute Gasteiger partial charge is 0.258 e. The number of nitro groups is 4. The minimum absolute atomic E-state index is 0. The maximum Gasteiger partial charge on any atom is 0.309 e. The summed E-state index contributed by atoms with van der Waals surface area (Å²) in [6.45, 7) is 1.42. The van der Waals surface area contributed by atoms with Crippen molar-refractivity contribution in [2.24, 2.45) is 0 Å². The number of hydrogen-bond donors (Lipinski definition) is 1. The van der Waals surface area contributed by atoms with Gasteiger partial charge in [0.2, 0.25) is 0 Å². The van der Waals surface area contributed by atoms with Gasteiger partial charge < -0.3 is 0 Å². The standard InChI is InChI=1S/C6H5N3O4S2.C6H5N3O4.Ar.HNS/c1-14-15-6-5(9(12)13)2-4(3-7-6)8(10)11;1-4-6(9(12)13)2-5(3-7-4)8(10)11;;1-2/h2-3H,1H3;2-3H,1H3;;1H. The number of hydrogen-bond acceptors (Lipinski definition) is 14. The molecule has 2 aromatic rings. The summed E-state index contributed by atoms with van der Waals surface area (Å²) in [7, 11) is 2.37. The molecule has 0 amide bonds. The van der Waals surface area contributed by atoms with Crippen molar-refractivity contribution in [3.05, 3.63) is 70.7 Å². The van der Waals surface area contributed by atoms with E-state index in [1.54, 1.807) is 6.26 Å². The van der Waals surface area contributed by atoms with Crippen molar-refractivity contribution < 1.29 is 57.4 Å². The first-order valence-corrected chi connectivity index (χ1v) is 10.0. The molecule has 0 aromatic carbocycles. The average molecular weight is 517 g/mol. The molecule has 2 aromatic heterocycles. The van der Waals surface area contributed by atoms with Crippen LogP contribution in [-0.4, -0.2) is 35.9 Å². The number of nitrogens with one attached hydrogen (secondary N) is 1. The Balaban J connectivity index is 0. The van der Waals surface area contributed by atoms with Gasteiger partial charge in [-0.3, -0.25) is 40.5 Å². The molecule has 15 nitrogen and oxygen atoms in total. The van der Waals surface area contributed by atoms with Gasteiger partial charge in [0.05, 0.1) is 31.8 Å². The Kier molecular flexibility index (Phi) is 15.7. The Bertz CT molecular complexity index is 968. The Labute approximate surface area is 216 Å². The molecule has 31 heavy (non-hydrogen) atoms. The molecular weight excluding hydrogens is 506 g/mol. The number of rotatable bonds is 6. The average Bonchev–Trinajstić information content (AvgIpc) is 2.70. The van der Waals surface area contributed by atoms with Gasteiger partial charge in [0.15, 0.2) is 5.03 Å². The van der Waals surface area contributed by atoms with Gasteiger partial charge in [0.1, 0.15) is 18.1 Å². The molecule has 0 fully saturated rings. The molecule has 0 atom stereocenters. The Morgan fingerprint density at radius 3 is 1.65 bits per heavy atom. The van der Waals surface area contributed by atoms with Crippen LogP contribution in [0.4, 0.5) is 22.7 Å². The third kappa shape index (κ3) is 10.2. The van der Waals surface area contributed by atoms with E-state index in [-0.39, 0.29) is 71.2 Å². The topological polar surface area (TPSA) is 222 Å². The van der Waals surface area contributed by atoms with Gasteiger partial charge in [-0.2, -0.15) is 0 Å². The Morgan fingerprint density at radius 1 is 0.839 bits per heavy atom. The van der Waals surface area contributed by atoms with Crippen molar-refractivity contribution in [2.75, 3.05) is 6.26 Å². The van der Waals surface area contributed by atoms with Crippen molar-refractivity contribution in [2.45, 2.75) is 11.9 Å². The van der Waals surface area contributed by atoms with Gasteiger partial charge in [-0.25, -0.2) is 14.7 Å². The first-order chi connectivity index (χ1) is 14.1. The molecular formula is C12H11ArN7O8S3. The molecule has 2 heterocycles. The van der Waals surface area contributed by atoms with E-state index in [4.69, 9.17) is 4.78 Å². The summed E-state index contributed by atoms with van der Waals surface area (Å²) in [5.41, 5.74) is -1.28. The van der Waals surface area contributed by atoms with Crippen LogP contribution in [0, 0.1) is 89.9 Å². The Hall–Kier alpha value is -2.12. The van der Waals surface area contributed by atoms with Crippen LogP contribution in [0.5, 0.6) is 0 Å². The minimum Gasteiger partial charge on any atom is -0.258 e. The first-order valence-electron chi connectivity index (χ1n) is 7.03. The quantitative estimate of drug-likeness (QED) is 0.327. The summed E-state index contributed by atoms with van der Waals surface area (Å²) >= 11 is 3.33. The van der Waals surface area contributed by atoms with Crippen molar-refractivity contribution in [3.63, 3.8) is 0 Å². The van der Waals surface area contributed by atoms with E-state index < -0.39 is 19.7 Å². The van der Waals surface area contributed by atoms with Crippen LogP contribution in [0.1, 0.15) is 5.69 Å². The molecule has 0 spiro atoms. The molecule has 0 aliphatic rings. The molecule has 0 saturated carbocycles. The molecule has 0 bridgehead atoms. The van der Waals surface area contributed by atoms with Gasteiger partial charge in [-0.15, -0.1) is 0 Å². The molecule has 19 heteroatoms. The van der Waals surface area contributed by atoms with E-state index in [0.717, 1.165) is 35.3 Å². The summed E-state index contributed by atoms with van der Waals surface area (Å²) in [6.07, 6.45) is 3.73. The molecule has 2 rings (SSSR count). The van der Waals surface area contributed by atoms with Crippen LogP contribution in [0.2, 0.25) is 0 Å². The second-order valence-electron chi connectivity index (χ2n) is 4.59. The summed E-state index contributed by atoms with van der Waals surface area (Å²) in [4.78, 5) is 45.9. The third-order valence-electron chi connectivity index (χ3n) is 2.84. The largest absolute Gasteiger partial charge is 0.309 e. The summed E-state index contributed by atoms with van der Waals surface area (Å²) in [6, 6.07) is 1.80. The van der Waals surface area contributed by atoms with Crippen LogP contribution in [-0.2, 0) is 12.4 Å². The zero-order valence-corrected chi connectivity index (χ0v) is 18.5. The molecule has 1 N–H and O–H groups in total. The van der Waals surface area contributed by atoms with E-state index in [2.05, 4.69) is 22.4 Å². The van der Waals surface area contributed by atoms with E-state index in [1.807, 2.05) is 0 Å². The fourth-order valence-corrected chi connectivity index (χ4v) is 2.93. The second-order valence-corrected chi connectivity index (χ2v) is 6.98. The van der Waals surface area contributed by atoms with Crippen molar-refractivity contribution in [1.29, 1.82) is 4.78 Å². The second kappa shape index (κ2) is 15.6. The van der Waals surface area contributed by atoms with Crippen molar-refractivity contribution in [3.8, 4) is 0 Å². The van der Waals surface area contributed by atoms with Crippen LogP contribution >= 0.6 is 21.6 Å². The van der Waals surface area contributed by atoms with Gasteiger partial charge in [-0.05, 0) is 24.0 Å². The maximum absolute atomic E-state index is 10.6. The third-order valence-corrected chi connectivity index (χ3v) is 4.45. The monoisotopic (exact) mass is 517 g/mol. The van der Waals surface area contributed by atoms with Crippen molar-refractivity contribution >= 4 is 56.8 Å². The van der Waals surface area contributed by atoms with E-state index in [1.165, 1.54) is 17.7 Å². The number of nitrogens with zero attached hydrogens (tertiary/aromatic N) is 6. The first kappa shape index (κ1) is 31.1. The van der Waals surface area contributed by atoms with Crippen LogP contribution in [0.25, 0.3) is 0 Å². The predicted octanol–water partition coefficient (Wildman–Crippen LogP) is 3.77. The Morgan fingerprint density at radius 2 is 1.26 bits per heavy atom.